The van der Waals surface area contributed by atoms with E-state index in [1.807, 2.05) is 53.9 Å². The molecule has 0 saturated heterocycles. The molecule has 0 spiro atoms. The highest BCUT2D eigenvalue weighted by molar-refractivity contribution is 7.13. The minimum absolute atomic E-state index is 0.110. The molecule has 4 rings (SSSR count). The van der Waals surface area contributed by atoms with Crippen molar-refractivity contribution in [1.82, 2.24) is 14.7 Å². The number of hydrogen-bond acceptors (Lipinski definition) is 5. The molecule has 0 saturated carbocycles. The Hall–Kier alpha value is -3.29. The molecule has 1 amide bonds. The largest absolute Gasteiger partial charge is 0.493 e. The monoisotopic (exact) mass is 481 g/mol. The summed E-state index contributed by atoms with van der Waals surface area (Å²) in [6, 6.07) is 18.9. The van der Waals surface area contributed by atoms with Gasteiger partial charge in [0.25, 0.3) is 5.91 Å². The molecule has 2 aromatic carbocycles. The normalized spacial score (nSPS) is 10.8. The molecular weight excluding hydrogens is 458 g/mol. The van der Waals surface area contributed by atoms with Crippen LogP contribution in [0.5, 0.6) is 11.5 Å². The summed E-state index contributed by atoms with van der Waals surface area (Å²) >= 11 is 7.64. The molecule has 0 N–H and O–H groups in total. The summed E-state index contributed by atoms with van der Waals surface area (Å²) in [5.74, 6) is 1.24. The van der Waals surface area contributed by atoms with E-state index < -0.39 is 0 Å². The number of carbonyl (C=O) groups is 1. The van der Waals surface area contributed by atoms with Crippen LogP contribution < -0.4 is 9.47 Å². The van der Waals surface area contributed by atoms with E-state index in [2.05, 4.69) is 0 Å². The zero-order valence-electron chi connectivity index (χ0n) is 18.6. The van der Waals surface area contributed by atoms with Crippen LogP contribution in [0.25, 0.3) is 16.3 Å². The summed E-state index contributed by atoms with van der Waals surface area (Å²) in [6.07, 6.45) is 0.676. The molecule has 170 valence electrons. The first-order valence-corrected chi connectivity index (χ1v) is 11.6. The van der Waals surface area contributed by atoms with E-state index in [-0.39, 0.29) is 5.91 Å². The lowest BCUT2D eigenvalue weighted by Gasteiger charge is -2.18. The molecule has 0 radical (unpaired) electrons. The highest BCUT2D eigenvalue weighted by Gasteiger charge is 2.21. The van der Waals surface area contributed by atoms with Gasteiger partial charge < -0.3 is 14.4 Å². The number of benzene rings is 2. The molecule has 0 bridgehead atoms. The Balaban J connectivity index is 1.58. The number of ether oxygens (including phenoxy) is 2. The molecule has 0 aliphatic heterocycles. The predicted molar refractivity (Wildman–Crippen MR) is 132 cm³/mol. The van der Waals surface area contributed by atoms with Gasteiger partial charge in [-0.1, -0.05) is 23.7 Å². The fourth-order valence-corrected chi connectivity index (χ4v) is 4.29. The Morgan fingerprint density at radius 2 is 1.82 bits per heavy atom. The maximum atomic E-state index is 13.4. The maximum Gasteiger partial charge on any atom is 0.272 e. The summed E-state index contributed by atoms with van der Waals surface area (Å²) in [5, 5.41) is 7.34. The zero-order valence-corrected chi connectivity index (χ0v) is 20.2. The summed E-state index contributed by atoms with van der Waals surface area (Å²) < 4.78 is 12.4. The summed E-state index contributed by atoms with van der Waals surface area (Å²) in [6.45, 7) is 0.536. The fourth-order valence-electron chi connectivity index (χ4n) is 3.49. The minimum atomic E-state index is -0.110. The third-order valence-electron chi connectivity index (χ3n) is 5.30. The van der Waals surface area contributed by atoms with E-state index in [1.165, 1.54) is 0 Å². The average Bonchev–Trinajstić information content (AvgIpc) is 3.52. The second-order valence-corrected chi connectivity index (χ2v) is 8.83. The number of rotatable bonds is 8. The fraction of sp³-hybridized carbons (Fsp3) is 0.200. The van der Waals surface area contributed by atoms with Gasteiger partial charge in [-0.3, -0.25) is 4.79 Å². The third kappa shape index (κ3) is 5.05. The molecular formula is C25H24ClN3O3S. The van der Waals surface area contributed by atoms with Gasteiger partial charge in [0, 0.05) is 18.6 Å². The van der Waals surface area contributed by atoms with Gasteiger partial charge in [-0.25, -0.2) is 4.68 Å². The number of halogens is 1. The average molecular weight is 482 g/mol. The van der Waals surface area contributed by atoms with Crippen LogP contribution in [0, 0.1) is 0 Å². The number of nitrogens with zero attached hydrogens (tertiary/aromatic N) is 3. The van der Waals surface area contributed by atoms with Crippen molar-refractivity contribution in [1.29, 1.82) is 0 Å². The molecule has 2 heterocycles. The van der Waals surface area contributed by atoms with Gasteiger partial charge in [-0.15, -0.1) is 11.3 Å². The van der Waals surface area contributed by atoms with Crippen molar-refractivity contribution in [3.8, 4) is 27.8 Å². The van der Waals surface area contributed by atoms with Gasteiger partial charge in [0.15, 0.2) is 11.5 Å². The van der Waals surface area contributed by atoms with E-state index in [9.17, 15) is 4.79 Å². The molecule has 4 aromatic rings. The van der Waals surface area contributed by atoms with E-state index in [4.69, 9.17) is 26.2 Å². The maximum absolute atomic E-state index is 13.4. The lowest BCUT2D eigenvalue weighted by atomic mass is 10.1. The van der Waals surface area contributed by atoms with Gasteiger partial charge >= 0.3 is 0 Å². The van der Waals surface area contributed by atoms with Crippen molar-refractivity contribution in [2.45, 2.75) is 6.42 Å². The minimum Gasteiger partial charge on any atom is -0.493 e. The van der Waals surface area contributed by atoms with Crippen LogP contribution in [0.1, 0.15) is 16.1 Å². The Bertz CT molecular complexity index is 1240. The summed E-state index contributed by atoms with van der Waals surface area (Å²) in [5.41, 5.74) is 3.09. The van der Waals surface area contributed by atoms with E-state index in [1.54, 1.807) is 54.3 Å². The molecule has 33 heavy (non-hydrogen) atoms. The Labute approximate surface area is 201 Å². The topological polar surface area (TPSA) is 56.6 Å². The van der Waals surface area contributed by atoms with Gasteiger partial charge in [-0.2, -0.15) is 5.10 Å². The first kappa shape index (κ1) is 22.9. The number of thiophene rings is 1. The highest BCUT2D eigenvalue weighted by atomic mass is 35.5. The number of methoxy groups -OCH3 is 2. The molecule has 0 aliphatic carbocycles. The number of amides is 1. The highest BCUT2D eigenvalue weighted by Crippen LogP contribution is 2.29. The SMILES string of the molecule is COc1ccc(CCN(C)C(=O)c2cc(-c3cccs3)nn2-c2ccc(Cl)cc2)cc1OC. The van der Waals surface area contributed by atoms with Crippen LogP contribution in [0.4, 0.5) is 0 Å². The van der Waals surface area contributed by atoms with Crippen molar-refractivity contribution in [3.63, 3.8) is 0 Å². The van der Waals surface area contributed by atoms with Crippen LogP contribution in [0.2, 0.25) is 5.02 Å². The first-order valence-electron chi connectivity index (χ1n) is 10.4. The number of hydrogen-bond donors (Lipinski definition) is 0. The van der Waals surface area contributed by atoms with Crippen molar-refractivity contribution >= 4 is 28.8 Å². The molecule has 6 nitrogen and oxygen atoms in total. The van der Waals surface area contributed by atoms with Crippen LogP contribution in [-0.4, -0.2) is 48.4 Å². The zero-order chi connectivity index (χ0) is 23.4. The Morgan fingerprint density at radius 1 is 1.06 bits per heavy atom. The van der Waals surface area contributed by atoms with Crippen LogP contribution in [-0.2, 0) is 6.42 Å². The van der Waals surface area contributed by atoms with Crippen LogP contribution in [0.3, 0.4) is 0 Å². The second kappa shape index (κ2) is 10.1. The molecule has 0 fully saturated rings. The van der Waals surface area contributed by atoms with Crippen molar-refractivity contribution < 1.29 is 14.3 Å². The van der Waals surface area contributed by atoms with Crippen LogP contribution >= 0.6 is 22.9 Å². The quantitative estimate of drug-likeness (QED) is 0.329. The van der Waals surface area contributed by atoms with E-state index in [0.717, 1.165) is 21.8 Å². The molecule has 0 unspecified atom stereocenters. The molecule has 2 aromatic heterocycles. The first-order chi connectivity index (χ1) is 16.0. The van der Waals surface area contributed by atoms with Gasteiger partial charge in [0.05, 0.1) is 24.8 Å². The second-order valence-electron chi connectivity index (χ2n) is 7.45. The summed E-state index contributed by atoms with van der Waals surface area (Å²) in [7, 11) is 5.02. The van der Waals surface area contributed by atoms with Crippen molar-refractivity contribution in [2.24, 2.45) is 0 Å². The van der Waals surface area contributed by atoms with Crippen LogP contribution in [0.15, 0.2) is 66.0 Å². The van der Waals surface area contributed by atoms with Crippen molar-refractivity contribution in [2.75, 3.05) is 27.8 Å². The van der Waals surface area contributed by atoms with Gasteiger partial charge in [0.2, 0.25) is 0 Å². The molecule has 0 atom stereocenters. The number of aromatic nitrogens is 2. The summed E-state index contributed by atoms with van der Waals surface area (Å²) in [4.78, 5) is 16.1. The lowest BCUT2D eigenvalue weighted by molar-refractivity contribution is 0.0787. The number of carbonyl (C=O) groups excluding carboxylic acids is 1. The van der Waals surface area contributed by atoms with E-state index in [0.29, 0.717) is 35.2 Å². The van der Waals surface area contributed by atoms with Gasteiger partial charge in [-0.05, 0) is 65.9 Å². The third-order valence-corrected chi connectivity index (χ3v) is 6.45. The van der Waals surface area contributed by atoms with Gasteiger partial charge in [0.1, 0.15) is 11.4 Å². The number of likely N-dealkylation sites (N-methyl/N-ethyl adjacent to an activating group) is 1. The Morgan fingerprint density at radius 3 is 2.48 bits per heavy atom. The predicted octanol–water partition coefficient (Wildman–Crippen LogP) is 5.59. The molecule has 8 heteroatoms. The van der Waals surface area contributed by atoms with Crippen molar-refractivity contribution in [3.05, 3.63) is 82.3 Å². The standard InChI is InChI=1S/C25H24ClN3O3S/c1-28(13-12-17-6-11-22(31-2)23(15-17)32-3)25(30)21-16-20(24-5-4-14-33-24)27-29(21)19-9-7-18(26)8-10-19/h4-11,14-16H,12-13H2,1-3H3. The van der Waals surface area contributed by atoms with E-state index >= 15 is 0 Å². The lowest BCUT2D eigenvalue weighted by Crippen LogP contribution is -2.30. The smallest absolute Gasteiger partial charge is 0.272 e. The Kier molecular flexibility index (Phi) is 7.01. The molecule has 0 aliphatic rings.